The normalized spacial score (nSPS) is 11.2. The lowest BCUT2D eigenvalue weighted by atomic mass is 10.2. The van der Waals surface area contributed by atoms with Crippen LogP contribution in [0.2, 0.25) is 0 Å². The molecule has 0 saturated carbocycles. The molecule has 0 bridgehead atoms. The molecule has 0 amide bonds. The quantitative estimate of drug-likeness (QED) is 0.442. The Morgan fingerprint density at radius 2 is 1.18 bits per heavy atom. The highest BCUT2D eigenvalue weighted by Crippen LogP contribution is 2.28. The minimum Gasteiger partial charge on any atom is -0.326 e. The fourth-order valence-electron chi connectivity index (χ4n) is 3.59. The maximum absolute atomic E-state index is 5.74. The van der Waals surface area contributed by atoms with Crippen LogP contribution in [0, 0.1) is 12.3 Å². The van der Waals surface area contributed by atoms with Crippen molar-refractivity contribution >= 4 is 22.1 Å². The van der Waals surface area contributed by atoms with E-state index >= 15 is 0 Å². The summed E-state index contributed by atoms with van der Waals surface area (Å²) in [5.41, 5.74) is 6.17. The summed E-state index contributed by atoms with van der Waals surface area (Å²) in [5, 5.41) is 0. The number of terminal acetylenes is 1. The zero-order valence-electron chi connectivity index (χ0n) is 15.6. The fraction of sp³-hybridized carbons (Fsp3) is 0.0870. The van der Waals surface area contributed by atoms with Crippen molar-refractivity contribution in [2.75, 3.05) is 0 Å². The topological polar surface area (TPSA) is 48.5 Å². The summed E-state index contributed by atoms with van der Waals surface area (Å²) < 4.78 is 4.08. The molecule has 0 saturated heterocycles. The van der Waals surface area contributed by atoms with Gasteiger partial charge in [-0.2, -0.15) is 0 Å². The number of hydrogen-bond acceptors (Lipinski definition) is 3. The summed E-state index contributed by atoms with van der Waals surface area (Å²) in [4.78, 5) is 14.4. The molecule has 2 aromatic carbocycles. The van der Waals surface area contributed by atoms with Gasteiger partial charge in [0.25, 0.3) is 0 Å². The van der Waals surface area contributed by atoms with Crippen LogP contribution in [0.3, 0.4) is 0 Å². The van der Waals surface area contributed by atoms with Crippen molar-refractivity contribution in [1.29, 1.82) is 0 Å². The van der Waals surface area contributed by atoms with Crippen LogP contribution in [0.1, 0.15) is 5.56 Å². The van der Waals surface area contributed by atoms with Crippen LogP contribution in [0.4, 0.5) is 0 Å². The van der Waals surface area contributed by atoms with Crippen LogP contribution in [0.15, 0.2) is 60.7 Å². The predicted molar refractivity (Wildman–Crippen MR) is 112 cm³/mol. The molecule has 5 rings (SSSR count). The summed E-state index contributed by atoms with van der Waals surface area (Å²) in [5.74, 6) is 4.29. The van der Waals surface area contributed by atoms with Crippen LogP contribution in [0.5, 0.6) is 0 Å². The molecule has 0 aliphatic carbocycles. The first-order valence-corrected chi connectivity index (χ1v) is 8.98. The van der Waals surface area contributed by atoms with Gasteiger partial charge in [0.2, 0.25) is 0 Å². The van der Waals surface area contributed by atoms with Gasteiger partial charge in [0.1, 0.15) is 11.4 Å². The molecule has 0 atom stereocenters. The van der Waals surface area contributed by atoms with Gasteiger partial charge in [-0.05, 0) is 36.4 Å². The molecule has 134 valence electrons. The zero-order valence-corrected chi connectivity index (χ0v) is 15.6. The zero-order chi connectivity index (χ0) is 19.3. The Labute approximate surface area is 162 Å². The van der Waals surface area contributed by atoms with Crippen LogP contribution >= 0.6 is 0 Å². The van der Waals surface area contributed by atoms with Gasteiger partial charge in [-0.15, -0.1) is 6.42 Å². The number of fused-ring (bicyclic) bond motifs is 2. The van der Waals surface area contributed by atoms with E-state index in [0.29, 0.717) is 0 Å². The lowest BCUT2D eigenvalue weighted by molar-refractivity contribution is 0.938. The van der Waals surface area contributed by atoms with Gasteiger partial charge in [-0.25, -0.2) is 15.0 Å². The van der Waals surface area contributed by atoms with E-state index in [1.807, 2.05) is 83.9 Å². The molecule has 0 aliphatic heterocycles. The molecule has 28 heavy (non-hydrogen) atoms. The molecule has 0 unspecified atom stereocenters. The number of para-hydroxylation sites is 4. The second kappa shape index (κ2) is 6.07. The highest BCUT2D eigenvalue weighted by Gasteiger charge is 2.16. The van der Waals surface area contributed by atoms with Crippen molar-refractivity contribution in [2.24, 2.45) is 14.1 Å². The van der Waals surface area contributed by atoms with E-state index < -0.39 is 0 Å². The fourth-order valence-corrected chi connectivity index (χ4v) is 3.59. The number of aromatic nitrogens is 5. The molecule has 3 aromatic heterocycles. The number of benzene rings is 2. The number of hydrogen-bond donors (Lipinski definition) is 0. The van der Waals surface area contributed by atoms with E-state index in [9.17, 15) is 0 Å². The highest BCUT2D eigenvalue weighted by molar-refractivity contribution is 5.82. The van der Waals surface area contributed by atoms with Gasteiger partial charge in [-0.3, -0.25) is 0 Å². The summed E-state index contributed by atoms with van der Waals surface area (Å²) >= 11 is 0. The van der Waals surface area contributed by atoms with Gasteiger partial charge in [-0.1, -0.05) is 30.2 Å². The van der Waals surface area contributed by atoms with Crippen LogP contribution < -0.4 is 0 Å². The van der Waals surface area contributed by atoms with E-state index in [1.54, 1.807) is 0 Å². The number of rotatable bonds is 2. The van der Waals surface area contributed by atoms with E-state index in [4.69, 9.17) is 21.4 Å². The minimum absolute atomic E-state index is 0.733. The molecule has 0 radical (unpaired) electrons. The second-order valence-electron chi connectivity index (χ2n) is 6.74. The standard InChI is InChI=1S/C23H17N5/c1-4-15-13-18(22-25-16-9-5-7-11-20(16)27(22)2)24-19(14-15)23-26-17-10-6-8-12-21(17)28(23)3/h1,5-14H,2-3H3. The third-order valence-electron chi connectivity index (χ3n) is 5.02. The van der Waals surface area contributed by atoms with Crippen molar-refractivity contribution in [3.8, 4) is 35.4 Å². The third kappa shape index (κ3) is 2.39. The van der Waals surface area contributed by atoms with Crippen molar-refractivity contribution in [3.05, 3.63) is 66.2 Å². The monoisotopic (exact) mass is 363 g/mol. The van der Waals surface area contributed by atoms with Gasteiger partial charge in [0, 0.05) is 19.7 Å². The molecule has 5 nitrogen and oxygen atoms in total. The Morgan fingerprint density at radius 3 is 1.61 bits per heavy atom. The summed E-state index contributed by atoms with van der Waals surface area (Å²) in [6.45, 7) is 0. The van der Waals surface area contributed by atoms with E-state index in [-0.39, 0.29) is 0 Å². The first-order valence-electron chi connectivity index (χ1n) is 8.98. The number of pyridine rings is 1. The Morgan fingerprint density at radius 1 is 0.714 bits per heavy atom. The summed E-state index contributed by atoms with van der Waals surface area (Å²) in [7, 11) is 3.98. The van der Waals surface area contributed by atoms with Crippen LogP contribution in [-0.2, 0) is 14.1 Å². The smallest absolute Gasteiger partial charge is 0.159 e. The number of aryl methyl sites for hydroxylation is 2. The second-order valence-corrected chi connectivity index (χ2v) is 6.74. The lowest BCUT2D eigenvalue weighted by Gasteiger charge is -2.07. The predicted octanol–water partition coefficient (Wildman–Crippen LogP) is 4.17. The molecule has 0 N–H and O–H groups in total. The Balaban J connectivity index is 1.75. The average Bonchev–Trinajstić information content (AvgIpc) is 3.25. The maximum Gasteiger partial charge on any atom is 0.159 e. The van der Waals surface area contributed by atoms with Crippen molar-refractivity contribution < 1.29 is 0 Å². The Bertz CT molecular complexity index is 1300. The minimum atomic E-state index is 0.733. The molecular weight excluding hydrogens is 346 g/mol. The molecule has 0 spiro atoms. The first kappa shape index (κ1) is 16.3. The first-order chi connectivity index (χ1) is 13.7. The highest BCUT2D eigenvalue weighted by atomic mass is 15.1. The van der Waals surface area contributed by atoms with Crippen LogP contribution in [-0.4, -0.2) is 24.1 Å². The van der Waals surface area contributed by atoms with Gasteiger partial charge in [0.15, 0.2) is 11.6 Å². The molecule has 0 aliphatic rings. The lowest BCUT2D eigenvalue weighted by Crippen LogP contribution is -2.00. The van der Waals surface area contributed by atoms with Gasteiger partial charge in [0.05, 0.1) is 22.1 Å². The average molecular weight is 363 g/mol. The molecule has 5 aromatic rings. The SMILES string of the molecule is C#Cc1cc(-c2nc3ccccc3n2C)nc(-c2nc3ccccc3n2C)c1. The third-order valence-corrected chi connectivity index (χ3v) is 5.02. The van der Waals surface area contributed by atoms with E-state index in [0.717, 1.165) is 50.7 Å². The van der Waals surface area contributed by atoms with Crippen molar-refractivity contribution in [1.82, 2.24) is 24.1 Å². The Hall–Kier alpha value is -3.91. The Kier molecular flexibility index (Phi) is 3.53. The van der Waals surface area contributed by atoms with Crippen molar-refractivity contribution in [3.63, 3.8) is 0 Å². The molecule has 3 heterocycles. The maximum atomic E-state index is 5.74. The van der Waals surface area contributed by atoms with Crippen molar-refractivity contribution in [2.45, 2.75) is 0 Å². The molecule has 0 fully saturated rings. The molecular formula is C23H17N5. The number of imidazole rings is 2. The summed E-state index contributed by atoms with van der Waals surface area (Å²) in [6, 6.07) is 19.8. The largest absolute Gasteiger partial charge is 0.326 e. The van der Waals surface area contributed by atoms with E-state index in [1.165, 1.54) is 0 Å². The van der Waals surface area contributed by atoms with Gasteiger partial charge < -0.3 is 9.13 Å². The van der Waals surface area contributed by atoms with Crippen LogP contribution in [0.25, 0.3) is 45.1 Å². The van der Waals surface area contributed by atoms with Gasteiger partial charge >= 0.3 is 0 Å². The summed E-state index contributed by atoms with van der Waals surface area (Å²) in [6.07, 6.45) is 5.74. The van der Waals surface area contributed by atoms with E-state index in [2.05, 4.69) is 5.92 Å². The number of nitrogens with zero attached hydrogens (tertiary/aromatic N) is 5. The molecule has 5 heteroatoms.